The van der Waals surface area contributed by atoms with Crippen LogP contribution in [0.15, 0.2) is 12.2 Å². The van der Waals surface area contributed by atoms with Crippen molar-refractivity contribution >= 4 is 17.5 Å². The van der Waals surface area contributed by atoms with E-state index in [2.05, 4.69) is 17.8 Å². The molecule has 0 N–H and O–H groups in total. The fraction of sp³-hybridized carbons (Fsp3) is 0.727. The molecule has 0 bridgehead atoms. The number of rotatable bonds is 1. The molecule has 2 rings (SSSR count). The van der Waals surface area contributed by atoms with Gasteiger partial charge in [0.25, 0.3) is 0 Å². The Morgan fingerprint density at radius 1 is 1.38 bits per heavy atom. The van der Waals surface area contributed by atoms with Crippen LogP contribution < -0.4 is 0 Å². The molecule has 2 atom stereocenters. The molecule has 1 heterocycles. The van der Waals surface area contributed by atoms with Crippen molar-refractivity contribution in [3.05, 3.63) is 12.2 Å². The van der Waals surface area contributed by atoms with Gasteiger partial charge >= 0.3 is 0 Å². The minimum atomic E-state index is 0.340. The number of ketones is 1. The second kappa shape index (κ2) is 4.32. The van der Waals surface area contributed by atoms with Gasteiger partial charge in [0.2, 0.25) is 0 Å². The summed E-state index contributed by atoms with van der Waals surface area (Å²) in [5.74, 6) is 4.42. The van der Waals surface area contributed by atoms with Gasteiger partial charge in [-0.15, -0.1) is 0 Å². The summed E-state index contributed by atoms with van der Waals surface area (Å²) in [5.41, 5.74) is 0. The molecule has 0 aromatic rings. The van der Waals surface area contributed by atoms with Gasteiger partial charge in [-0.3, -0.25) is 4.79 Å². The molecular weight excluding hydrogens is 180 g/mol. The summed E-state index contributed by atoms with van der Waals surface area (Å²) in [5, 5.41) is 0. The van der Waals surface area contributed by atoms with Crippen LogP contribution in [0, 0.1) is 11.8 Å². The molecule has 1 saturated heterocycles. The van der Waals surface area contributed by atoms with Crippen molar-refractivity contribution in [3.8, 4) is 0 Å². The van der Waals surface area contributed by atoms with Crippen molar-refractivity contribution in [1.82, 2.24) is 0 Å². The summed E-state index contributed by atoms with van der Waals surface area (Å²) < 4.78 is 0. The molecule has 2 unspecified atom stereocenters. The lowest BCUT2D eigenvalue weighted by Gasteiger charge is -2.30. The van der Waals surface area contributed by atoms with Crippen molar-refractivity contribution in [2.45, 2.75) is 25.7 Å². The predicted molar refractivity (Wildman–Crippen MR) is 56.9 cm³/mol. The van der Waals surface area contributed by atoms with Crippen LogP contribution in [0.2, 0.25) is 0 Å². The molecule has 1 aliphatic heterocycles. The SMILES string of the molecule is O=C1C=CCC(C2CCCSC2)C1. The van der Waals surface area contributed by atoms with Crippen LogP contribution in [0.5, 0.6) is 0 Å². The zero-order valence-corrected chi connectivity index (χ0v) is 8.69. The first-order chi connectivity index (χ1) is 6.36. The smallest absolute Gasteiger partial charge is 0.155 e. The van der Waals surface area contributed by atoms with Crippen LogP contribution >= 0.6 is 11.8 Å². The van der Waals surface area contributed by atoms with E-state index in [1.54, 1.807) is 6.08 Å². The molecule has 0 amide bonds. The van der Waals surface area contributed by atoms with Crippen LogP contribution in [-0.2, 0) is 4.79 Å². The quantitative estimate of drug-likeness (QED) is 0.641. The first-order valence-electron chi connectivity index (χ1n) is 5.13. The maximum absolute atomic E-state index is 11.2. The topological polar surface area (TPSA) is 17.1 Å². The van der Waals surface area contributed by atoms with E-state index in [4.69, 9.17) is 0 Å². The summed E-state index contributed by atoms with van der Waals surface area (Å²) in [4.78, 5) is 11.2. The van der Waals surface area contributed by atoms with Gasteiger partial charge in [0.05, 0.1) is 0 Å². The second-order valence-corrected chi connectivity index (χ2v) is 5.20. The van der Waals surface area contributed by atoms with Gasteiger partial charge in [0, 0.05) is 6.42 Å². The van der Waals surface area contributed by atoms with Crippen molar-refractivity contribution in [3.63, 3.8) is 0 Å². The average molecular weight is 196 g/mol. The molecule has 0 aromatic heterocycles. The molecule has 72 valence electrons. The number of carbonyl (C=O) groups excluding carboxylic acids is 1. The monoisotopic (exact) mass is 196 g/mol. The van der Waals surface area contributed by atoms with E-state index in [1.807, 2.05) is 0 Å². The van der Waals surface area contributed by atoms with Gasteiger partial charge in [-0.05, 0) is 48.7 Å². The van der Waals surface area contributed by atoms with Gasteiger partial charge in [-0.25, -0.2) is 0 Å². The van der Waals surface area contributed by atoms with E-state index in [0.717, 1.165) is 18.8 Å². The summed E-state index contributed by atoms with van der Waals surface area (Å²) in [6.07, 6.45) is 8.46. The molecule has 1 nitrogen and oxygen atoms in total. The van der Waals surface area contributed by atoms with E-state index < -0.39 is 0 Å². The molecular formula is C11H16OS. The lowest BCUT2D eigenvalue weighted by Crippen LogP contribution is -2.24. The molecule has 0 saturated carbocycles. The van der Waals surface area contributed by atoms with Crippen molar-refractivity contribution in [1.29, 1.82) is 0 Å². The minimum Gasteiger partial charge on any atom is -0.295 e. The average Bonchev–Trinajstić information content (AvgIpc) is 2.19. The molecule has 0 radical (unpaired) electrons. The molecule has 2 heteroatoms. The first-order valence-corrected chi connectivity index (χ1v) is 6.29. The van der Waals surface area contributed by atoms with Crippen LogP contribution in [0.25, 0.3) is 0 Å². The highest BCUT2D eigenvalue weighted by Gasteiger charge is 2.26. The summed E-state index contributed by atoms with van der Waals surface area (Å²) in [7, 11) is 0. The highest BCUT2D eigenvalue weighted by molar-refractivity contribution is 7.99. The molecule has 0 spiro atoms. The van der Waals surface area contributed by atoms with Gasteiger partial charge < -0.3 is 0 Å². The maximum atomic E-state index is 11.2. The Hall–Kier alpha value is -0.240. The molecule has 0 aromatic carbocycles. The predicted octanol–water partition coefficient (Wildman–Crippen LogP) is 2.66. The van der Waals surface area contributed by atoms with Gasteiger partial charge in [-0.2, -0.15) is 11.8 Å². The minimum absolute atomic E-state index is 0.340. The molecule has 2 aliphatic rings. The van der Waals surface area contributed by atoms with E-state index in [0.29, 0.717) is 11.7 Å². The largest absolute Gasteiger partial charge is 0.295 e. The third-order valence-electron chi connectivity index (χ3n) is 3.07. The number of hydrogen-bond donors (Lipinski definition) is 0. The molecule has 1 aliphatic carbocycles. The molecule has 13 heavy (non-hydrogen) atoms. The Morgan fingerprint density at radius 2 is 2.31 bits per heavy atom. The lowest BCUT2D eigenvalue weighted by atomic mass is 9.81. The van der Waals surface area contributed by atoms with E-state index >= 15 is 0 Å². The lowest BCUT2D eigenvalue weighted by molar-refractivity contribution is -0.116. The van der Waals surface area contributed by atoms with Gasteiger partial charge in [0.15, 0.2) is 5.78 Å². The Balaban J connectivity index is 1.92. The highest BCUT2D eigenvalue weighted by atomic mass is 32.2. The zero-order valence-electron chi connectivity index (χ0n) is 7.87. The van der Waals surface area contributed by atoms with Gasteiger partial charge in [0.1, 0.15) is 0 Å². The Kier molecular flexibility index (Phi) is 3.09. The highest BCUT2D eigenvalue weighted by Crippen LogP contribution is 2.34. The maximum Gasteiger partial charge on any atom is 0.155 e. The Morgan fingerprint density at radius 3 is 3.00 bits per heavy atom. The van der Waals surface area contributed by atoms with Crippen LogP contribution in [0.4, 0.5) is 0 Å². The number of thioether (sulfide) groups is 1. The zero-order chi connectivity index (χ0) is 9.10. The first kappa shape index (κ1) is 9.32. The van der Waals surface area contributed by atoms with Crippen LogP contribution in [-0.4, -0.2) is 17.3 Å². The summed E-state index contributed by atoms with van der Waals surface area (Å²) in [6.45, 7) is 0. The number of carbonyl (C=O) groups is 1. The van der Waals surface area contributed by atoms with E-state index in [-0.39, 0.29) is 0 Å². The Labute approximate surface area is 84.0 Å². The van der Waals surface area contributed by atoms with E-state index in [9.17, 15) is 4.79 Å². The van der Waals surface area contributed by atoms with Gasteiger partial charge in [-0.1, -0.05) is 6.08 Å². The fourth-order valence-corrected chi connectivity index (χ4v) is 3.56. The molecule has 1 fully saturated rings. The second-order valence-electron chi connectivity index (χ2n) is 4.05. The summed E-state index contributed by atoms with van der Waals surface area (Å²) >= 11 is 2.06. The van der Waals surface area contributed by atoms with Crippen molar-refractivity contribution in [2.24, 2.45) is 11.8 Å². The third kappa shape index (κ3) is 2.37. The third-order valence-corrected chi connectivity index (χ3v) is 4.31. The Bertz CT molecular complexity index is 216. The van der Waals surface area contributed by atoms with Crippen LogP contribution in [0.3, 0.4) is 0 Å². The fourth-order valence-electron chi connectivity index (χ4n) is 2.28. The number of allylic oxidation sites excluding steroid dienone is 2. The van der Waals surface area contributed by atoms with Crippen molar-refractivity contribution in [2.75, 3.05) is 11.5 Å². The van der Waals surface area contributed by atoms with Crippen molar-refractivity contribution < 1.29 is 4.79 Å². The van der Waals surface area contributed by atoms with Crippen LogP contribution in [0.1, 0.15) is 25.7 Å². The standard InChI is InChI=1S/C11H16OS/c12-11-5-1-3-9(7-11)10-4-2-6-13-8-10/h1,5,9-10H,2-4,6-8H2. The normalized spacial score (nSPS) is 34.9. The number of hydrogen-bond acceptors (Lipinski definition) is 2. The van der Waals surface area contributed by atoms with E-state index in [1.165, 1.54) is 24.3 Å². The summed E-state index contributed by atoms with van der Waals surface area (Å²) in [6, 6.07) is 0.